The number of nitrogens with zero attached hydrogens (tertiary/aromatic N) is 1. The van der Waals surface area contributed by atoms with Crippen LogP contribution in [0.25, 0.3) is 0 Å². The molecule has 0 atom stereocenters. The standard InChI is InChI=1S/C7H9Cl2NO/c1-7(2,3)4-5(8)10-6(9)11-4/h1-3H3. The van der Waals surface area contributed by atoms with Gasteiger partial charge >= 0.3 is 0 Å². The molecule has 0 amide bonds. The van der Waals surface area contributed by atoms with E-state index in [1.165, 1.54) is 0 Å². The van der Waals surface area contributed by atoms with Gasteiger partial charge < -0.3 is 4.42 Å². The Kier molecular flexibility index (Phi) is 2.17. The second-order valence-corrected chi connectivity index (χ2v) is 4.02. The van der Waals surface area contributed by atoms with Crippen LogP contribution in [0, 0.1) is 0 Å². The van der Waals surface area contributed by atoms with Gasteiger partial charge in [-0.05, 0) is 11.6 Å². The highest BCUT2D eigenvalue weighted by molar-refractivity contribution is 6.32. The fourth-order valence-electron chi connectivity index (χ4n) is 0.740. The molecule has 0 fully saturated rings. The zero-order valence-electron chi connectivity index (χ0n) is 6.61. The van der Waals surface area contributed by atoms with Crippen LogP contribution in [0.2, 0.25) is 10.5 Å². The molecule has 1 aromatic rings. The SMILES string of the molecule is CC(C)(C)c1oc(Cl)nc1Cl. The minimum absolute atomic E-state index is 0.0972. The van der Waals surface area contributed by atoms with E-state index in [4.69, 9.17) is 27.6 Å². The summed E-state index contributed by atoms with van der Waals surface area (Å²) < 4.78 is 5.10. The van der Waals surface area contributed by atoms with Crippen molar-refractivity contribution in [3.8, 4) is 0 Å². The monoisotopic (exact) mass is 193 g/mol. The van der Waals surface area contributed by atoms with Crippen molar-refractivity contribution in [2.75, 3.05) is 0 Å². The molecular formula is C7H9Cl2NO. The van der Waals surface area contributed by atoms with Crippen LogP contribution in [0.15, 0.2) is 4.42 Å². The molecule has 4 heteroatoms. The van der Waals surface area contributed by atoms with E-state index >= 15 is 0 Å². The molecular weight excluding hydrogens is 185 g/mol. The first-order valence-corrected chi connectivity index (χ1v) is 3.99. The molecule has 0 radical (unpaired) electrons. The maximum Gasteiger partial charge on any atom is 0.293 e. The van der Waals surface area contributed by atoms with Crippen molar-refractivity contribution in [3.05, 3.63) is 16.3 Å². The van der Waals surface area contributed by atoms with Crippen LogP contribution in [0.3, 0.4) is 0 Å². The lowest BCUT2D eigenvalue weighted by molar-refractivity contribution is 0.409. The van der Waals surface area contributed by atoms with Crippen LogP contribution >= 0.6 is 23.2 Å². The molecule has 0 aliphatic rings. The Morgan fingerprint density at radius 3 is 2.00 bits per heavy atom. The molecule has 0 saturated heterocycles. The molecule has 0 spiro atoms. The van der Waals surface area contributed by atoms with Gasteiger partial charge in [0.2, 0.25) is 0 Å². The van der Waals surface area contributed by atoms with Crippen molar-refractivity contribution in [3.63, 3.8) is 0 Å². The number of halogens is 2. The highest BCUT2D eigenvalue weighted by Crippen LogP contribution is 2.31. The summed E-state index contributed by atoms with van der Waals surface area (Å²) in [6, 6.07) is 0. The number of hydrogen-bond donors (Lipinski definition) is 0. The van der Waals surface area contributed by atoms with Crippen molar-refractivity contribution in [2.24, 2.45) is 0 Å². The third kappa shape index (κ3) is 1.88. The van der Waals surface area contributed by atoms with Gasteiger partial charge in [-0.15, -0.1) is 0 Å². The van der Waals surface area contributed by atoms with E-state index < -0.39 is 0 Å². The van der Waals surface area contributed by atoms with Gasteiger partial charge in [0, 0.05) is 5.41 Å². The van der Waals surface area contributed by atoms with Crippen molar-refractivity contribution < 1.29 is 4.42 Å². The Bertz CT molecular complexity index is 262. The fraction of sp³-hybridized carbons (Fsp3) is 0.571. The van der Waals surface area contributed by atoms with Crippen LogP contribution in [0.4, 0.5) is 0 Å². The summed E-state index contributed by atoms with van der Waals surface area (Å²) in [7, 11) is 0. The summed E-state index contributed by atoms with van der Waals surface area (Å²) in [5.41, 5.74) is -0.142. The molecule has 0 bridgehead atoms. The number of rotatable bonds is 0. The molecule has 2 nitrogen and oxygen atoms in total. The molecule has 11 heavy (non-hydrogen) atoms. The van der Waals surface area contributed by atoms with Gasteiger partial charge in [-0.1, -0.05) is 32.4 Å². The second kappa shape index (κ2) is 2.68. The van der Waals surface area contributed by atoms with Gasteiger partial charge in [0.1, 0.15) is 5.76 Å². The fourth-order valence-corrected chi connectivity index (χ4v) is 1.34. The molecule has 62 valence electrons. The predicted molar refractivity (Wildman–Crippen MR) is 45.2 cm³/mol. The lowest BCUT2D eigenvalue weighted by Gasteiger charge is -2.13. The van der Waals surface area contributed by atoms with E-state index in [0.717, 1.165) is 0 Å². The van der Waals surface area contributed by atoms with Gasteiger partial charge in [0.05, 0.1) is 0 Å². The normalized spacial score (nSPS) is 12.1. The van der Waals surface area contributed by atoms with E-state index in [2.05, 4.69) is 4.98 Å². The van der Waals surface area contributed by atoms with Gasteiger partial charge in [-0.2, -0.15) is 4.98 Å². The predicted octanol–water partition coefficient (Wildman–Crippen LogP) is 3.28. The zero-order valence-corrected chi connectivity index (χ0v) is 8.12. The lowest BCUT2D eigenvalue weighted by atomic mass is 9.94. The van der Waals surface area contributed by atoms with Crippen molar-refractivity contribution in [1.82, 2.24) is 4.98 Å². The topological polar surface area (TPSA) is 26.0 Å². The van der Waals surface area contributed by atoms with Crippen molar-refractivity contribution >= 4 is 23.2 Å². The van der Waals surface area contributed by atoms with Gasteiger partial charge in [0.25, 0.3) is 5.35 Å². The van der Waals surface area contributed by atoms with Crippen LogP contribution in [0.5, 0.6) is 0 Å². The maximum atomic E-state index is 5.74. The number of aromatic nitrogens is 1. The average Bonchev–Trinajstić information content (AvgIpc) is 2.08. The van der Waals surface area contributed by atoms with Crippen LogP contribution in [-0.2, 0) is 5.41 Å². The third-order valence-electron chi connectivity index (χ3n) is 1.24. The molecule has 0 aliphatic heterocycles. The zero-order chi connectivity index (χ0) is 8.65. The van der Waals surface area contributed by atoms with Crippen molar-refractivity contribution in [2.45, 2.75) is 26.2 Å². The molecule has 1 aromatic heterocycles. The molecule has 0 N–H and O–H groups in total. The van der Waals surface area contributed by atoms with E-state index in [0.29, 0.717) is 10.9 Å². The molecule has 0 unspecified atom stereocenters. The summed E-state index contributed by atoms with van der Waals surface area (Å²) in [5.74, 6) is 0.629. The Labute approximate surface area is 75.5 Å². The molecule has 1 heterocycles. The third-order valence-corrected chi connectivity index (χ3v) is 1.66. The second-order valence-electron chi connectivity index (χ2n) is 3.34. The van der Waals surface area contributed by atoms with E-state index in [-0.39, 0.29) is 10.8 Å². The summed E-state index contributed by atoms with van der Waals surface area (Å²) >= 11 is 11.2. The number of oxazole rings is 1. The maximum absolute atomic E-state index is 5.74. The van der Waals surface area contributed by atoms with E-state index in [1.807, 2.05) is 20.8 Å². The van der Waals surface area contributed by atoms with E-state index in [9.17, 15) is 0 Å². The summed E-state index contributed by atoms with van der Waals surface area (Å²) in [5, 5.41) is 0.447. The van der Waals surface area contributed by atoms with Gasteiger partial charge in [-0.25, -0.2) is 0 Å². The van der Waals surface area contributed by atoms with Crippen LogP contribution < -0.4 is 0 Å². The summed E-state index contributed by atoms with van der Waals surface area (Å²) in [6.07, 6.45) is 0. The van der Waals surface area contributed by atoms with Crippen molar-refractivity contribution in [1.29, 1.82) is 0 Å². The minimum Gasteiger partial charge on any atom is -0.431 e. The van der Waals surface area contributed by atoms with Crippen LogP contribution in [0.1, 0.15) is 26.5 Å². The van der Waals surface area contributed by atoms with Gasteiger partial charge in [0.15, 0.2) is 5.15 Å². The molecule has 0 aliphatic carbocycles. The Morgan fingerprint density at radius 2 is 1.82 bits per heavy atom. The average molecular weight is 194 g/mol. The van der Waals surface area contributed by atoms with Crippen LogP contribution in [-0.4, -0.2) is 4.98 Å². The summed E-state index contributed by atoms with van der Waals surface area (Å²) in [4.78, 5) is 3.74. The quantitative estimate of drug-likeness (QED) is 0.633. The molecule has 0 saturated carbocycles. The highest BCUT2D eigenvalue weighted by atomic mass is 35.5. The molecule has 1 rings (SSSR count). The summed E-state index contributed by atoms with van der Waals surface area (Å²) in [6.45, 7) is 5.95. The Balaban J connectivity index is 3.13. The first-order chi connectivity index (χ1) is 4.91. The first kappa shape index (κ1) is 8.88. The largest absolute Gasteiger partial charge is 0.431 e. The first-order valence-electron chi connectivity index (χ1n) is 3.23. The smallest absolute Gasteiger partial charge is 0.293 e. The van der Waals surface area contributed by atoms with E-state index in [1.54, 1.807) is 0 Å². The number of hydrogen-bond acceptors (Lipinski definition) is 2. The lowest BCUT2D eigenvalue weighted by Crippen LogP contribution is -2.10. The molecule has 0 aromatic carbocycles. The minimum atomic E-state index is -0.142. The highest BCUT2D eigenvalue weighted by Gasteiger charge is 2.23. The Morgan fingerprint density at radius 1 is 1.27 bits per heavy atom. The van der Waals surface area contributed by atoms with Gasteiger partial charge in [-0.3, -0.25) is 0 Å². The Hall–Kier alpha value is -0.210.